The van der Waals surface area contributed by atoms with Crippen molar-refractivity contribution in [3.8, 4) is 11.5 Å². The normalized spacial score (nSPS) is 11.6. The topological polar surface area (TPSA) is 49.7 Å². The molecule has 0 aliphatic heterocycles. The molecule has 0 amide bonds. The smallest absolute Gasteiger partial charge is 0.208 e. The summed E-state index contributed by atoms with van der Waals surface area (Å²) in [5.74, 6) is -1.85. The Labute approximate surface area is 92.1 Å². The summed E-state index contributed by atoms with van der Waals surface area (Å²) < 4.78 is 18.3. The van der Waals surface area contributed by atoms with E-state index in [1.54, 1.807) is 0 Å². The minimum Gasteiger partial charge on any atom is -0.504 e. The van der Waals surface area contributed by atoms with E-state index in [1.807, 2.05) is 0 Å². The first-order valence-electron chi connectivity index (χ1n) is 4.26. The molecule has 2 N–H and O–H groups in total. The summed E-state index contributed by atoms with van der Waals surface area (Å²) in [5, 5.41) is 18.8. The fraction of sp³-hybridized carbons (Fsp3) is 0.400. The first-order chi connectivity index (χ1) is 6.79. The van der Waals surface area contributed by atoms with E-state index in [0.29, 0.717) is 0 Å². The van der Waals surface area contributed by atoms with Gasteiger partial charge in [-0.05, 0) is 19.9 Å². The van der Waals surface area contributed by atoms with E-state index in [2.05, 4.69) is 0 Å². The van der Waals surface area contributed by atoms with Crippen LogP contribution < -0.4 is 4.74 Å². The number of halogens is 2. The Hall–Kier alpha value is -1.00. The second kappa shape index (κ2) is 3.87. The molecule has 0 unspecified atom stereocenters. The van der Waals surface area contributed by atoms with Gasteiger partial charge in [0.2, 0.25) is 5.82 Å². The molecule has 0 aliphatic carbocycles. The molecule has 84 valence electrons. The lowest BCUT2D eigenvalue weighted by molar-refractivity contribution is 0.0748. The van der Waals surface area contributed by atoms with Crippen LogP contribution in [0.2, 0.25) is 5.02 Å². The molecule has 0 spiro atoms. The number of phenols is 1. The van der Waals surface area contributed by atoms with Gasteiger partial charge in [0.05, 0.1) is 17.7 Å². The Kier molecular flexibility index (Phi) is 3.11. The van der Waals surface area contributed by atoms with Crippen LogP contribution in [0.5, 0.6) is 11.5 Å². The lowest BCUT2D eigenvalue weighted by Gasteiger charge is -2.21. The van der Waals surface area contributed by atoms with Gasteiger partial charge in [-0.25, -0.2) is 0 Å². The second-order valence-corrected chi connectivity index (χ2v) is 4.07. The Balaban J connectivity index is 3.53. The summed E-state index contributed by atoms with van der Waals surface area (Å²) in [6.45, 7) is 2.94. The molecule has 5 heteroatoms. The monoisotopic (exact) mass is 234 g/mol. The van der Waals surface area contributed by atoms with Gasteiger partial charge in [-0.1, -0.05) is 11.6 Å². The average molecular weight is 235 g/mol. The van der Waals surface area contributed by atoms with Crippen molar-refractivity contribution in [3.05, 3.63) is 22.5 Å². The number of benzene rings is 1. The van der Waals surface area contributed by atoms with Crippen molar-refractivity contribution in [1.29, 1.82) is 0 Å². The quantitative estimate of drug-likeness (QED) is 0.826. The van der Waals surface area contributed by atoms with Crippen molar-refractivity contribution in [2.24, 2.45) is 0 Å². The fourth-order valence-electron chi connectivity index (χ4n) is 1.25. The zero-order valence-electron chi connectivity index (χ0n) is 8.64. The first kappa shape index (κ1) is 12.1. The number of hydrogen-bond donors (Lipinski definition) is 2. The number of ether oxygens (including phenoxy) is 1. The molecule has 1 aromatic carbocycles. The maximum Gasteiger partial charge on any atom is 0.208 e. The Bertz CT molecular complexity index is 385. The van der Waals surface area contributed by atoms with Crippen molar-refractivity contribution < 1.29 is 19.3 Å². The summed E-state index contributed by atoms with van der Waals surface area (Å²) in [6.07, 6.45) is 0. The zero-order valence-corrected chi connectivity index (χ0v) is 9.39. The van der Waals surface area contributed by atoms with Crippen LogP contribution in [-0.2, 0) is 5.60 Å². The zero-order chi connectivity index (χ0) is 11.8. The minimum absolute atomic E-state index is 0.162. The highest BCUT2D eigenvalue weighted by atomic mass is 35.5. The van der Waals surface area contributed by atoms with Gasteiger partial charge >= 0.3 is 0 Å². The molecule has 1 rings (SSSR count). The number of rotatable bonds is 2. The van der Waals surface area contributed by atoms with E-state index >= 15 is 0 Å². The number of methoxy groups -OCH3 is 1. The molecular weight excluding hydrogens is 223 g/mol. The lowest BCUT2D eigenvalue weighted by Crippen LogP contribution is -2.17. The maximum atomic E-state index is 13.5. The van der Waals surface area contributed by atoms with Crippen molar-refractivity contribution in [1.82, 2.24) is 0 Å². The number of phenolic OH excluding ortho intramolecular Hbond substituents is 1. The van der Waals surface area contributed by atoms with Crippen LogP contribution in [0.25, 0.3) is 0 Å². The first-order valence-corrected chi connectivity index (χ1v) is 4.64. The molecule has 0 saturated heterocycles. The number of aliphatic hydroxyl groups is 1. The minimum atomic E-state index is -1.30. The van der Waals surface area contributed by atoms with E-state index < -0.39 is 17.2 Å². The summed E-state index contributed by atoms with van der Waals surface area (Å²) in [5.41, 5.74) is -1.12. The Morgan fingerprint density at radius 2 is 2.00 bits per heavy atom. The van der Waals surface area contributed by atoms with E-state index in [1.165, 1.54) is 27.0 Å². The van der Waals surface area contributed by atoms with Gasteiger partial charge in [0.1, 0.15) is 0 Å². The predicted molar refractivity (Wildman–Crippen MR) is 54.9 cm³/mol. The van der Waals surface area contributed by atoms with Crippen molar-refractivity contribution in [2.75, 3.05) is 7.11 Å². The third-order valence-corrected chi connectivity index (χ3v) is 2.30. The fourth-order valence-corrected chi connectivity index (χ4v) is 1.44. The molecule has 0 saturated carbocycles. The summed E-state index contributed by atoms with van der Waals surface area (Å²) >= 11 is 5.60. The van der Waals surface area contributed by atoms with Crippen LogP contribution in [-0.4, -0.2) is 17.3 Å². The molecule has 3 nitrogen and oxygen atoms in total. The lowest BCUT2D eigenvalue weighted by atomic mass is 9.97. The highest BCUT2D eigenvalue weighted by molar-refractivity contribution is 6.32. The molecular formula is C10H12ClFO3. The molecule has 15 heavy (non-hydrogen) atoms. The van der Waals surface area contributed by atoms with Crippen LogP contribution in [0, 0.1) is 5.82 Å². The van der Waals surface area contributed by atoms with Crippen molar-refractivity contribution in [2.45, 2.75) is 19.4 Å². The molecule has 0 atom stereocenters. The Morgan fingerprint density at radius 1 is 1.47 bits per heavy atom. The number of aromatic hydroxyl groups is 1. The summed E-state index contributed by atoms with van der Waals surface area (Å²) in [6, 6.07) is 1.28. The second-order valence-electron chi connectivity index (χ2n) is 3.66. The summed E-state index contributed by atoms with van der Waals surface area (Å²) in [4.78, 5) is 0. The van der Waals surface area contributed by atoms with Gasteiger partial charge in [-0.15, -0.1) is 0 Å². The van der Waals surface area contributed by atoms with Crippen LogP contribution in [0.1, 0.15) is 19.4 Å². The molecule has 0 heterocycles. The molecule has 1 aromatic rings. The van der Waals surface area contributed by atoms with Gasteiger partial charge in [-0.3, -0.25) is 0 Å². The van der Waals surface area contributed by atoms with E-state index in [0.717, 1.165) is 0 Å². The molecule has 0 aromatic heterocycles. The standard InChI is InChI=1S/C10H12ClFO3/c1-10(2,14)5-4-6(11)8(13)7(12)9(5)15-3/h4,13-14H,1-3H3. The van der Waals surface area contributed by atoms with E-state index in [4.69, 9.17) is 16.3 Å². The predicted octanol–water partition coefficient (Wildman–Crippen LogP) is 2.42. The van der Waals surface area contributed by atoms with Crippen LogP contribution in [0.3, 0.4) is 0 Å². The molecule has 0 aliphatic rings. The van der Waals surface area contributed by atoms with Crippen molar-refractivity contribution >= 4 is 11.6 Å². The van der Waals surface area contributed by atoms with Crippen LogP contribution in [0.15, 0.2) is 6.07 Å². The van der Waals surface area contributed by atoms with E-state index in [9.17, 15) is 14.6 Å². The van der Waals surface area contributed by atoms with E-state index in [-0.39, 0.29) is 16.3 Å². The van der Waals surface area contributed by atoms with Gasteiger partial charge in [0.15, 0.2) is 11.5 Å². The third-order valence-electron chi connectivity index (χ3n) is 2.01. The number of hydrogen-bond acceptors (Lipinski definition) is 3. The molecule has 0 fully saturated rings. The van der Waals surface area contributed by atoms with Gasteiger partial charge in [0.25, 0.3) is 0 Å². The summed E-state index contributed by atoms with van der Waals surface area (Å²) in [7, 11) is 1.25. The Morgan fingerprint density at radius 3 is 2.40 bits per heavy atom. The van der Waals surface area contributed by atoms with Crippen LogP contribution >= 0.6 is 11.6 Å². The largest absolute Gasteiger partial charge is 0.504 e. The van der Waals surface area contributed by atoms with Gasteiger partial charge in [-0.2, -0.15) is 4.39 Å². The third kappa shape index (κ3) is 2.16. The highest BCUT2D eigenvalue weighted by Gasteiger charge is 2.27. The van der Waals surface area contributed by atoms with Crippen molar-refractivity contribution in [3.63, 3.8) is 0 Å². The molecule has 0 radical (unpaired) electrons. The molecule has 0 bridgehead atoms. The average Bonchev–Trinajstić information content (AvgIpc) is 2.12. The van der Waals surface area contributed by atoms with Gasteiger partial charge < -0.3 is 14.9 Å². The highest BCUT2D eigenvalue weighted by Crippen LogP contribution is 2.40. The van der Waals surface area contributed by atoms with Crippen LogP contribution in [0.4, 0.5) is 4.39 Å². The SMILES string of the molecule is COc1c(C(C)(C)O)cc(Cl)c(O)c1F. The van der Waals surface area contributed by atoms with Gasteiger partial charge in [0, 0.05) is 5.56 Å². The maximum absolute atomic E-state index is 13.5.